The molecule has 156 valence electrons. The van der Waals surface area contributed by atoms with E-state index < -0.39 is 30.1 Å². The van der Waals surface area contributed by atoms with Crippen LogP contribution in [0.2, 0.25) is 0 Å². The predicted molar refractivity (Wildman–Crippen MR) is 115 cm³/mol. The lowest BCUT2D eigenvalue weighted by Crippen LogP contribution is -2.43. The Labute approximate surface area is 178 Å². The molecule has 2 aromatic carbocycles. The molecule has 3 amide bonds. The summed E-state index contributed by atoms with van der Waals surface area (Å²) < 4.78 is 0. The number of carbonyl (C=O) groups excluding carboxylic acids is 3. The highest BCUT2D eigenvalue weighted by molar-refractivity contribution is 6.52. The summed E-state index contributed by atoms with van der Waals surface area (Å²) in [6.07, 6.45) is -0.464. The quantitative estimate of drug-likeness (QED) is 0.477. The van der Waals surface area contributed by atoms with E-state index in [4.69, 9.17) is 11.0 Å². The van der Waals surface area contributed by atoms with Crippen LogP contribution in [-0.2, 0) is 14.4 Å². The molecule has 1 atom stereocenters. The van der Waals surface area contributed by atoms with Crippen molar-refractivity contribution in [2.24, 2.45) is 21.9 Å². The SMILES string of the molecule is Cc1ccccc1NC(=O)/C(=N\NC(=O)CC#N)C1C(=O)N(c2ccccc2)N=C1N. The van der Waals surface area contributed by atoms with Gasteiger partial charge in [-0.25, -0.2) is 5.43 Å². The van der Waals surface area contributed by atoms with E-state index in [9.17, 15) is 14.4 Å². The first kappa shape index (κ1) is 21.2. The van der Waals surface area contributed by atoms with Gasteiger partial charge in [0.1, 0.15) is 23.9 Å². The fourth-order valence-corrected chi connectivity index (χ4v) is 2.86. The number of nitriles is 1. The standard InChI is InChI=1S/C21H19N7O3/c1-13-7-5-6-10-15(13)24-20(30)18(26-25-16(29)11-12-22)17-19(23)27-28(21(17)31)14-8-3-2-4-9-14/h2-10,17H,11H2,1H3,(H2,23,27)(H,24,30)(H,25,29)/b26-18-. The van der Waals surface area contributed by atoms with Crippen molar-refractivity contribution in [3.8, 4) is 6.07 Å². The molecule has 10 nitrogen and oxygen atoms in total. The molecule has 1 unspecified atom stereocenters. The first-order valence-electron chi connectivity index (χ1n) is 9.25. The van der Waals surface area contributed by atoms with E-state index in [1.807, 2.05) is 6.07 Å². The third-order valence-electron chi connectivity index (χ3n) is 4.41. The molecule has 10 heteroatoms. The highest BCUT2D eigenvalue weighted by Gasteiger charge is 2.42. The number of aryl methyl sites for hydroxylation is 1. The Morgan fingerprint density at radius 3 is 2.55 bits per heavy atom. The Morgan fingerprint density at radius 1 is 1.19 bits per heavy atom. The molecule has 1 aliphatic heterocycles. The van der Waals surface area contributed by atoms with Crippen molar-refractivity contribution in [1.29, 1.82) is 5.26 Å². The van der Waals surface area contributed by atoms with E-state index in [2.05, 4.69) is 20.9 Å². The Balaban J connectivity index is 1.93. The third kappa shape index (κ3) is 4.73. The van der Waals surface area contributed by atoms with Gasteiger partial charge in [-0.15, -0.1) is 0 Å². The lowest BCUT2D eigenvalue weighted by Gasteiger charge is -2.16. The van der Waals surface area contributed by atoms with Gasteiger partial charge in [-0.3, -0.25) is 14.4 Å². The number of nitrogens with two attached hydrogens (primary N) is 1. The van der Waals surface area contributed by atoms with Gasteiger partial charge in [0.2, 0.25) is 0 Å². The average molecular weight is 417 g/mol. The van der Waals surface area contributed by atoms with E-state index >= 15 is 0 Å². The zero-order chi connectivity index (χ0) is 22.4. The van der Waals surface area contributed by atoms with Gasteiger partial charge in [0.15, 0.2) is 0 Å². The molecule has 1 aliphatic rings. The van der Waals surface area contributed by atoms with Crippen molar-refractivity contribution in [3.05, 3.63) is 60.2 Å². The summed E-state index contributed by atoms with van der Waals surface area (Å²) in [7, 11) is 0. The number of amidine groups is 1. The largest absolute Gasteiger partial charge is 0.385 e. The molecular formula is C21H19N7O3. The van der Waals surface area contributed by atoms with Crippen molar-refractivity contribution in [3.63, 3.8) is 0 Å². The molecule has 0 aliphatic carbocycles. The Morgan fingerprint density at radius 2 is 1.87 bits per heavy atom. The second kappa shape index (κ2) is 9.32. The minimum Gasteiger partial charge on any atom is -0.385 e. The maximum atomic E-state index is 13.1. The number of anilines is 2. The van der Waals surface area contributed by atoms with Gasteiger partial charge in [-0.05, 0) is 30.7 Å². The lowest BCUT2D eigenvalue weighted by atomic mass is 10.0. The minimum atomic E-state index is -1.31. The van der Waals surface area contributed by atoms with Crippen LogP contribution in [0, 0.1) is 24.2 Å². The van der Waals surface area contributed by atoms with Gasteiger partial charge in [0, 0.05) is 5.69 Å². The van der Waals surface area contributed by atoms with Crippen LogP contribution in [0.5, 0.6) is 0 Å². The summed E-state index contributed by atoms with van der Waals surface area (Å²) in [6, 6.07) is 17.3. The number of rotatable bonds is 6. The highest BCUT2D eigenvalue weighted by Crippen LogP contribution is 2.24. The molecule has 0 fully saturated rings. The fraction of sp³-hybridized carbons (Fsp3) is 0.143. The monoisotopic (exact) mass is 417 g/mol. The molecular weight excluding hydrogens is 398 g/mol. The number of amides is 3. The number of carbonyl (C=O) groups is 3. The van der Waals surface area contributed by atoms with Crippen LogP contribution in [0.15, 0.2) is 64.8 Å². The van der Waals surface area contributed by atoms with Crippen molar-refractivity contribution < 1.29 is 14.4 Å². The van der Waals surface area contributed by atoms with Gasteiger partial charge in [-0.1, -0.05) is 36.4 Å². The molecule has 2 aromatic rings. The minimum absolute atomic E-state index is 0.151. The van der Waals surface area contributed by atoms with Crippen LogP contribution in [0.25, 0.3) is 0 Å². The first-order chi connectivity index (χ1) is 14.9. The number of para-hydroxylation sites is 2. The molecule has 0 radical (unpaired) electrons. The highest BCUT2D eigenvalue weighted by atomic mass is 16.2. The lowest BCUT2D eigenvalue weighted by molar-refractivity contribution is -0.120. The van der Waals surface area contributed by atoms with Gasteiger partial charge < -0.3 is 11.1 Å². The van der Waals surface area contributed by atoms with Crippen LogP contribution >= 0.6 is 0 Å². The summed E-state index contributed by atoms with van der Waals surface area (Å²) in [5, 5.41) is 20.3. The van der Waals surface area contributed by atoms with Crippen molar-refractivity contribution in [2.75, 3.05) is 10.3 Å². The van der Waals surface area contributed by atoms with Crippen molar-refractivity contribution in [2.45, 2.75) is 13.3 Å². The molecule has 1 heterocycles. The second-order valence-electron chi connectivity index (χ2n) is 6.58. The third-order valence-corrected chi connectivity index (χ3v) is 4.41. The molecule has 0 saturated heterocycles. The predicted octanol–water partition coefficient (Wildman–Crippen LogP) is 1.25. The molecule has 0 bridgehead atoms. The van der Waals surface area contributed by atoms with E-state index in [1.54, 1.807) is 61.5 Å². The summed E-state index contributed by atoms with van der Waals surface area (Å²) in [6.45, 7) is 1.80. The van der Waals surface area contributed by atoms with Crippen LogP contribution in [0.3, 0.4) is 0 Å². The summed E-state index contributed by atoms with van der Waals surface area (Å²) in [5.41, 5.74) is 9.51. The van der Waals surface area contributed by atoms with Crippen LogP contribution < -0.4 is 21.5 Å². The zero-order valence-corrected chi connectivity index (χ0v) is 16.6. The van der Waals surface area contributed by atoms with Gasteiger partial charge in [0.05, 0.1) is 11.8 Å². The molecule has 31 heavy (non-hydrogen) atoms. The molecule has 0 spiro atoms. The Bertz CT molecular complexity index is 1120. The van der Waals surface area contributed by atoms with Crippen LogP contribution in [-0.4, -0.2) is 29.3 Å². The van der Waals surface area contributed by atoms with Crippen molar-refractivity contribution in [1.82, 2.24) is 5.43 Å². The van der Waals surface area contributed by atoms with E-state index in [0.717, 1.165) is 10.6 Å². The van der Waals surface area contributed by atoms with E-state index in [0.29, 0.717) is 11.4 Å². The van der Waals surface area contributed by atoms with Crippen LogP contribution in [0.4, 0.5) is 11.4 Å². The molecule has 4 N–H and O–H groups in total. The number of nitrogens with zero attached hydrogens (tertiary/aromatic N) is 4. The number of hydrogen-bond acceptors (Lipinski definition) is 7. The van der Waals surface area contributed by atoms with Crippen molar-refractivity contribution >= 4 is 40.6 Å². The molecule has 0 aromatic heterocycles. The van der Waals surface area contributed by atoms with Crippen LogP contribution in [0.1, 0.15) is 12.0 Å². The first-order valence-corrected chi connectivity index (χ1v) is 9.25. The fourth-order valence-electron chi connectivity index (χ4n) is 2.86. The Hall–Kier alpha value is -4.52. The number of hydrogen-bond donors (Lipinski definition) is 3. The molecule has 3 rings (SSSR count). The maximum Gasteiger partial charge on any atom is 0.273 e. The maximum absolute atomic E-state index is 13.1. The van der Waals surface area contributed by atoms with Gasteiger partial charge >= 0.3 is 0 Å². The summed E-state index contributed by atoms with van der Waals surface area (Å²) >= 11 is 0. The van der Waals surface area contributed by atoms with E-state index in [-0.39, 0.29) is 11.5 Å². The topological polar surface area (TPSA) is 153 Å². The van der Waals surface area contributed by atoms with Gasteiger partial charge in [0.25, 0.3) is 17.7 Å². The zero-order valence-electron chi connectivity index (χ0n) is 16.6. The number of hydrazone groups is 2. The number of nitrogens with one attached hydrogen (secondary N) is 2. The number of benzene rings is 2. The average Bonchev–Trinajstić information content (AvgIpc) is 3.05. The summed E-state index contributed by atoms with van der Waals surface area (Å²) in [5.74, 6) is -3.53. The van der Waals surface area contributed by atoms with E-state index in [1.165, 1.54) is 0 Å². The normalized spacial score (nSPS) is 15.8. The summed E-state index contributed by atoms with van der Waals surface area (Å²) in [4.78, 5) is 37.8. The smallest absolute Gasteiger partial charge is 0.273 e. The van der Waals surface area contributed by atoms with Gasteiger partial charge in [-0.2, -0.15) is 20.5 Å². The molecule has 0 saturated carbocycles. The Kier molecular flexibility index (Phi) is 6.37. The second-order valence-corrected chi connectivity index (χ2v) is 6.58.